The highest BCUT2D eigenvalue weighted by molar-refractivity contribution is 9.09. The van der Waals surface area contributed by atoms with E-state index in [1.807, 2.05) is 0 Å². The van der Waals surface area contributed by atoms with Gasteiger partial charge in [0.15, 0.2) is 0 Å². The highest BCUT2D eigenvalue weighted by Crippen LogP contribution is 2.32. The molecule has 3 N–H and O–H groups in total. The molecule has 1 aromatic carbocycles. The molecule has 5 amide bonds. The molecule has 2 heterocycles. The Morgan fingerprint density at radius 3 is 2.55 bits per heavy atom. The summed E-state index contributed by atoms with van der Waals surface area (Å²) in [5.41, 5.74) is 0.905. The number of amides is 5. The minimum absolute atomic E-state index is 0.00845. The average Bonchev–Trinajstić information content (AvgIpc) is 3.04. The number of carbonyl (C=O) groups excluding carboxylic acids is 5. The molecule has 1 unspecified atom stereocenters. The van der Waals surface area contributed by atoms with Gasteiger partial charge in [0.1, 0.15) is 6.04 Å². The van der Waals surface area contributed by atoms with Gasteiger partial charge in [-0.15, -0.1) is 0 Å². The predicted octanol–water partition coefficient (Wildman–Crippen LogP) is 2.35. The van der Waals surface area contributed by atoms with Gasteiger partial charge >= 0.3 is 0 Å². The first-order valence-corrected chi connectivity index (χ1v) is 12.5. The number of nitrogens with zero attached hydrogens (tertiary/aromatic N) is 1. The Kier molecular flexibility index (Phi) is 8.99. The third kappa shape index (κ3) is 6.19. The second-order valence-electron chi connectivity index (χ2n) is 8.16. The minimum atomic E-state index is -0.998. The molecule has 0 spiro atoms. The largest absolute Gasteiger partial charge is 0.383 e. The molecule has 10 heteroatoms. The maximum absolute atomic E-state index is 13.0. The first-order chi connectivity index (χ1) is 15.9. The molecule has 1 saturated heterocycles. The van der Waals surface area contributed by atoms with Crippen molar-refractivity contribution in [2.75, 3.05) is 23.7 Å². The van der Waals surface area contributed by atoms with Gasteiger partial charge in [0.05, 0.1) is 11.1 Å². The Labute approximate surface area is 201 Å². The fourth-order valence-corrected chi connectivity index (χ4v) is 4.46. The Hall–Kier alpha value is -2.75. The molecule has 2 aliphatic rings. The highest BCUT2D eigenvalue weighted by Gasteiger charge is 2.45. The summed E-state index contributed by atoms with van der Waals surface area (Å²) >= 11 is 3.41. The molecule has 33 heavy (non-hydrogen) atoms. The number of hydrogen-bond acceptors (Lipinski definition) is 6. The van der Waals surface area contributed by atoms with E-state index in [9.17, 15) is 24.0 Å². The molecule has 9 nitrogen and oxygen atoms in total. The van der Waals surface area contributed by atoms with E-state index in [-0.39, 0.29) is 29.9 Å². The van der Waals surface area contributed by atoms with Crippen molar-refractivity contribution in [1.29, 1.82) is 0 Å². The molecule has 178 valence electrons. The number of rotatable bonds is 12. The molecule has 0 aliphatic carbocycles. The Morgan fingerprint density at radius 2 is 1.79 bits per heavy atom. The van der Waals surface area contributed by atoms with Crippen molar-refractivity contribution in [3.63, 3.8) is 0 Å². The normalized spacial score (nSPS) is 17.7. The van der Waals surface area contributed by atoms with Gasteiger partial charge in [0.2, 0.25) is 17.7 Å². The summed E-state index contributed by atoms with van der Waals surface area (Å²) in [5.74, 6) is -2.16. The molecule has 0 radical (unpaired) electrons. The lowest BCUT2D eigenvalue weighted by molar-refractivity contribution is -0.136. The van der Waals surface area contributed by atoms with E-state index in [1.165, 1.54) is 6.42 Å². The third-order valence-electron chi connectivity index (χ3n) is 5.77. The van der Waals surface area contributed by atoms with Crippen molar-refractivity contribution >= 4 is 51.2 Å². The zero-order valence-electron chi connectivity index (χ0n) is 18.5. The first-order valence-electron chi connectivity index (χ1n) is 11.3. The fraction of sp³-hybridized carbons (Fsp3) is 0.522. The van der Waals surface area contributed by atoms with Crippen LogP contribution in [0.5, 0.6) is 0 Å². The van der Waals surface area contributed by atoms with E-state index in [4.69, 9.17) is 0 Å². The smallest absolute Gasteiger partial charge is 0.264 e. The van der Waals surface area contributed by atoms with E-state index in [1.54, 1.807) is 18.2 Å². The van der Waals surface area contributed by atoms with E-state index < -0.39 is 29.7 Å². The topological polar surface area (TPSA) is 125 Å². The van der Waals surface area contributed by atoms with E-state index >= 15 is 0 Å². The number of halogens is 1. The van der Waals surface area contributed by atoms with Crippen LogP contribution >= 0.6 is 15.9 Å². The summed E-state index contributed by atoms with van der Waals surface area (Å²) in [6.07, 6.45) is 6.02. The predicted molar refractivity (Wildman–Crippen MR) is 126 cm³/mol. The lowest BCUT2D eigenvalue weighted by atomic mass is 10.0. The SMILES string of the molecule is O=C(CCCCCCCBr)NCCNc1cccc2c1C(=O)N(C1CCC(=O)NC1=O)C2=O. The molecule has 2 aliphatic heterocycles. The second-order valence-corrected chi connectivity index (χ2v) is 8.95. The van der Waals surface area contributed by atoms with Crippen LogP contribution in [0.2, 0.25) is 0 Å². The number of carbonyl (C=O) groups is 5. The Morgan fingerprint density at radius 1 is 1.03 bits per heavy atom. The molecular formula is C23H29BrN4O5. The fourth-order valence-electron chi connectivity index (χ4n) is 4.06. The van der Waals surface area contributed by atoms with Crippen LogP contribution in [-0.2, 0) is 14.4 Å². The third-order valence-corrected chi connectivity index (χ3v) is 6.33. The van der Waals surface area contributed by atoms with Crippen molar-refractivity contribution in [2.24, 2.45) is 0 Å². The van der Waals surface area contributed by atoms with Crippen LogP contribution in [0, 0.1) is 0 Å². The molecule has 1 fully saturated rings. The number of piperidine rings is 1. The Balaban J connectivity index is 1.50. The number of benzene rings is 1. The van der Waals surface area contributed by atoms with Gasteiger partial charge in [-0.05, 0) is 31.4 Å². The molecule has 1 aromatic rings. The van der Waals surface area contributed by atoms with Crippen molar-refractivity contribution in [3.05, 3.63) is 29.3 Å². The molecule has 0 aromatic heterocycles. The van der Waals surface area contributed by atoms with Gasteiger partial charge in [-0.2, -0.15) is 0 Å². The maximum Gasteiger partial charge on any atom is 0.264 e. The summed E-state index contributed by atoms with van der Waals surface area (Å²) in [6.45, 7) is 0.762. The summed E-state index contributed by atoms with van der Waals surface area (Å²) in [6, 6.07) is 3.90. The van der Waals surface area contributed by atoms with Crippen LogP contribution in [0.3, 0.4) is 0 Å². The molecule has 3 rings (SSSR count). The molecule has 1 atom stereocenters. The first kappa shape index (κ1) is 24.9. The van der Waals surface area contributed by atoms with Crippen LogP contribution in [0.25, 0.3) is 0 Å². The van der Waals surface area contributed by atoms with Crippen LogP contribution in [0.1, 0.15) is 72.1 Å². The van der Waals surface area contributed by atoms with Gasteiger partial charge in [-0.1, -0.05) is 41.3 Å². The molecule has 0 saturated carbocycles. The summed E-state index contributed by atoms with van der Waals surface area (Å²) < 4.78 is 0. The maximum atomic E-state index is 13.0. The van der Waals surface area contributed by atoms with Crippen molar-refractivity contribution in [3.8, 4) is 0 Å². The summed E-state index contributed by atoms with van der Waals surface area (Å²) in [5, 5.41) is 9.17. The standard InChI is InChI=1S/C23H29BrN4O5/c24-12-5-3-1-2-4-9-18(29)26-14-13-25-16-8-6-7-15-20(16)23(33)28(22(15)32)17-10-11-19(30)27-21(17)31/h6-8,17,25H,1-5,9-14H2,(H,26,29)(H,27,30,31). The second kappa shape index (κ2) is 11.9. The average molecular weight is 521 g/mol. The number of alkyl halides is 1. The number of hydrogen-bond donors (Lipinski definition) is 3. The van der Waals surface area contributed by atoms with Crippen molar-refractivity contribution in [1.82, 2.24) is 15.5 Å². The number of unbranched alkanes of at least 4 members (excludes halogenated alkanes) is 4. The lowest BCUT2D eigenvalue weighted by Gasteiger charge is -2.27. The van der Waals surface area contributed by atoms with Crippen LogP contribution in [0.15, 0.2) is 18.2 Å². The van der Waals surface area contributed by atoms with Crippen LogP contribution < -0.4 is 16.0 Å². The number of fused-ring (bicyclic) bond motifs is 1. The van der Waals surface area contributed by atoms with Gasteiger partial charge in [-0.3, -0.25) is 34.2 Å². The summed E-state index contributed by atoms with van der Waals surface area (Å²) in [7, 11) is 0. The highest BCUT2D eigenvalue weighted by atomic mass is 79.9. The van der Waals surface area contributed by atoms with E-state index in [0.29, 0.717) is 25.2 Å². The summed E-state index contributed by atoms with van der Waals surface area (Å²) in [4.78, 5) is 62.4. The van der Waals surface area contributed by atoms with Crippen LogP contribution in [0.4, 0.5) is 5.69 Å². The number of anilines is 1. The zero-order valence-corrected chi connectivity index (χ0v) is 20.0. The van der Waals surface area contributed by atoms with Crippen LogP contribution in [-0.4, -0.2) is 58.9 Å². The van der Waals surface area contributed by atoms with Gasteiger partial charge in [-0.25, -0.2) is 0 Å². The Bertz CT molecular complexity index is 935. The quantitative estimate of drug-likeness (QED) is 0.220. The van der Waals surface area contributed by atoms with E-state index in [0.717, 1.165) is 35.9 Å². The lowest BCUT2D eigenvalue weighted by Crippen LogP contribution is -2.54. The molecule has 0 bridgehead atoms. The minimum Gasteiger partial charge on any atom is -0.383 e. The zero-order chi connectivity index (χ0) is 23.8. The van der Waals surface area contributed by atoms with Gasteiger partial charge in [0.25, 0.3) is 11.8 Å². The van der Waals surface area contributed by atoms with E-state index in [2.05, 4.69) is 31.9 Å². The monoisotopic (exact) mass is 520 g/mol. The number of nitrogens with one attached hydrogen (secondary N) is 3. The number of imide groups is 2. The molecular weight excluding hydrogens is 492 g/mol. The van der Waals surface area contributed by atoms with Gasteiger partial charge < -0.3 is 10.6 Å². The van der Waals surface area contributed by atoms with Gasteiger partial charge in [0, 0.05) is 36.9 Å². The van der Waals surface area contributed by atoms with Crippen molar-refractivity contribution in [2.45, 2.75) is 57.4 Å². The van der Waals surface area contributed by atoms with Crippen molar-refractivity contribution < 1.29 is 24.0 Å².